The number of hydrogen-bond acceptors (Lipinski definition) is 2. The van der Waals surface area contributed by atoms with Gasteiger partial charge in [-0.3, -0.25) is 0 Å². The lowest BCUT2D eigenvalue weighted by Crippen LogP contribution is -2.19. The van der Waals surface area contributed by atoms with E-state index >= 15 is 0 Å². The van der Waals surface area contributed by atoms with E-state index in [9.17, 15) is 8.78 Å². The van der Waals surface area contributed by atoms with E-state index in [1.807, 2.05) is 13.8 Å². The molecule has 0 saturated heterocycles. The van der Waals surface area contributed by atoms with Gasteiger partial charge in [0.1, 0.15) is 0 Å². The summed E-state index contributed by atoms with van der Waals surface area (Å²) in [5.74, 6) is -1.63. The Balaban J connectivity index is 2.62. The van der Waals surface area contributed by atoms with Crippen LogP contribution in [0.1, 0.15) is 31.9 Å². The highest BCUT2D eigenvalue weighted by molar-refractivity contribution is 5.21. The second-order valence-electron chi connectivity index (χ2n) is 4.22. The molecule has 96 valence electrons. The third-order valence-electron chi connectivity index (χ3n) is 2.55. The quantitative estimate of drug-likeness (QED) is 0.829. The normalized spacial score (nSPS) is 13.1. The van der Waals surface area contributed by atoms with E-state index in [4.69, 9.17) is 4.74 Å². The van der Waals surface area contributed by atoms with Gasteiger partial charge in [-0.1, -0.05) is 6.07 Å². The largest absolute Gasteiger partial charge is 0.379 e. The molecule has 1 atom stereocenters. The van der Waals surface area contributed by atoms with E-state index in [2.05, 4.69) is 5.32 Å². The average Bonchev–Trinajstić information content (AvgIpc) is 2.28. The Morgan fingerprint density at radius 2 is 1.94 bits per heavy atom. The number of rotatable bonds is 6. The number of halogens is 2. The highest BCUT2D eigenvalue weighted by Crippen LogP contribution is 2.19. The lowest BCUT2D eigenvalue weighted by molar-refractivity contribution is 0.0719. The molecule has 1 aromatic rings. The molecule has 0 radical (unpaired) electrons. The molecule has 4 heteroatoms. The first-order chi connectivity index (χ1) is 8.04. The van der Waals surface area contributed by atoms with Crippen molar-refractivity contribution in [3.63, 3.8) is 0 Å². The first-order valence-electron chi connectivity index (χ1n) is 5.78. The maximum absolute atomic E-state index is 13.1. The zero-order valence-corrected chi connectivity index (χ0v) is 10.5. The molecule has 0 bridgehead atoms. The minimum Gasteiger partial charge on any atom is -0.379 e. The first-order valence-corrected chi connectivity index (χ1v) is 5.78. The van der Waals surface area contributed by atoms with Crippen molar-refractivity contribution in [3.8, 4) is 0 Å². The maximum atomic E-state index is 13.1. The van der Waals surface area contributed by atoms with Crippen LogP contribution in [0.4, 0.5) is 8.78 Å². The molecule has 0 saturated carbocycles. The third-order valence-corrected chi connectivity index (χ3v) is 2.55. The van der Waals surface area contributed by atoms with Crippen molar-refractivity contribution in [1.29, 1.82) is 0 Å². The van der Waals surface area contributed by atoms with E-state index in [-0.39, 0.29) is 12.1 Å². The summed E-state index contributed by atoms with van der Waals surface area (Å²) in [7, 11) is 1.79. The fourth-order valence-corrected chi connectivity index (χ4v) is 1.63. The molecule has 17 heavy (non-hydrogen) atoms. The molecule has 1 N–H and O–H groups in total. The summed E-state index contributed by atoms with van der Waals surface area (Å²) in [5, 5.41) is 3.07. The lowest BCUT2D eigenvalue weighted by Gasteiger charge is -2.17. The summed E-state index contributed by atoms with van der Waals surface area (Å²) < 4.78 is 31.3. The van der Waals surface area contributed by atoms with Gasteiger partial charge in [-0.2, -0.15) is 0 Å². The Morgan fingerprint density at radius 1 is 1.24 bits per heavy atom. The van der Waals surface area contributed by atoms with Crippen LogP contribution in [0.25, 0.3) is 0 Å². The molecular weight excluding hydrogens is 224 g/mol. The molecule has 1 aromatic carbocycles. The SMILES string of the molecule is CNC(CCOC(C)C)c1ccc(F)c(F)c1. The van der Waals surface area contributed by atoms with Crippen LogP contribution in [-0.4, -0.2) is 19.8 Å². The predicted molar refractivity (Wildman–Crippen MR) is 63.9 cm³/mol. The van der Waals surface area contributed by atoms with Gasteiger partial charge in [0.25, 0.3) is 0 Å². The minimum absolute atomic E-state index is 0.0242. The van der Waals surface area contributed by atoms with Gasteiger partial charge in [-0.15, -0.1) is 0 Å². The number of benzene rings is 1. The van der Waals surface area contributed by atoms with Gasteiger partial charge in [0.2, 0.25) is 0 Å². The van der Waals surface area contributed by atoms with Gasteiger partial charge in [-0.25, -0.2) is 8.78 Å². The van der Waals surface area contributed by atoms with Gasteiger partial charge >= 0.3 is 0 Å². The molecule has 0 spiro atoms. The Labute approximate surface area is 101 Å². The van der Waals surface area contributed by atoms with Crippen molar-refractivity contribution in [3.05, 3.63) is 35.4 Å². The second kappa shape index (κ2) is 6.67. The van der Waals surface area contributed by atoms with Crippen LogP contribution >= 0.6 is 0 Å². The summed E-state index contributed by atoms with van der Waals surface area (Å²) in [6.45, 7) is 4.51. The monoisotopic (exact) mass is 243 g/mol. The number of hydrogen-bond donors (Lipinski definition) is 1. The standard InChI is InChI=1S/C13H19F2NO/c1-9(2)17-7-6-13(16-3)10-4-5-11(14)12(15)8-10/h4-5,8-9,13,16H,6-7H2,1-3H3. The predicted octanol–water partition coefficient (Wildman–Crippen LogP) is 3.04. The van der Waals surface area contributed by atoms with Crippen molar-refractivity contribution >= 4 is 0 Å². The smallest absolute Gasteiger partial charge is 0.159 e. The van der Waals surface area contributed by atoms with Crippen LogP contribution in [0.15, 0.2) is 18.2 Å². The number of nitrogens with one attached hydrogen (secondary N) is 1. The molecule has 0 aliphatic rings. The second-order valence-corrected chi connectivity index (χ2v) is 4.22. The Kier molecular flexibility index (Phi) is 5.51. The number of ether oxygens (including phenoxy) is 1. The molecule has 0 aliphatic heterocycles. The summed E-state index contributed by atoms with van der Waals surface area (Å²) in [4.78, 5) is 0. The van der Waals surface area contributed by atoms with Gasteiger partial charge in [0, 0.05) is 12.6 Å². The van der Waals surface area contributed by atoms with Crippen molar-refractivity contribution in [2.75, 3.05) is 13.7 Å². The van der Waals surface area contributed by atoms with Crippen molar-refractivity contribution < 1.29 is 13.5 Å². The Morgan fingerprint density at radius 3 is 2.47 bits per heavy atom. The fraction of sp³-hybridized carbons (Fsp3) is 0.538. The van der Waals surface area contributed by atoms with E-state index < -0.39 is 11.6 Å². The highest BCUT2D eigenvalue weighted by Gasteiger charge is 2.12. The Hall–Kier alpha value is -1.00. The maximum Gasteiger partial charge on any atom is 0.159 e. The molecule has 0 aliphatic carbocycles. The van der Waals surface area contributed by atoms with Gasteiger partial charge in [-0.05, 0) is 45.0 Å². The van der Waals surface area contributed by atoms with Crippen LogP contribution in [0.2, 0.25) is 0 Å². The zero-order chi connectivity index (χ0) is 12.8. The van der Waals surface area contributed by atoms with E-state index in [0.29, 0.717) is 6.61 Å². The molecular formula is C13H19F2NO. The lowest BCUT2D eigenvalue weighted by atomic mass is 10.0. The Bertz CT molecular complexity index is 355. The van der Waals surface area contributed by atoms with Crippen molar-refractivity contribution in [1.82, 2.24) is 5.32 Å². The summed E-state index contributed by atoms with van der Waals surface area (Å²) in [6, 6.07) is 3.95. The van der Waals surface area contributed by atoms with Crippen LogP contribution in [0.5, 0.6) is 0 Å². The van der Waals surface area contributed by atoms with Crippen LogP contribution in [0, 0.1) is 11.6 Å². The summed E-state index contributed by atoms with van der Waals surface area (Å²) in [6.07, 6.45) is 0.900. The van der Waals surface area contributed by atoms with E-state index in [1.54, 1.807) is 13.1 Å². The molecule has 1 unspecified atom stereocenters. The van der Waals surface area contributed by atoms with E-state index in [0.717, 1.165) is 18.1 Å². The zero-order valence-electron chi connectivity index (χ0n) is 10.5. The van der Waals surface area contributed by atoms with Crippen LogP contribution in [0.3, 0.4) is 0 Å². The molecule has 2 nitrogen and oxygen atoms in total. The molecule has 0 amide bonds. The molecule has 0 fully saturated rings. The summed E-state index contributed by atoms with van der Waals surface area (Å²) in [5.41, 5.74) is 0.735. The first kappa shape index (κ1) is 14.1. The van der Waals surface area contributed by atoms with Crippen molar-refractivity contribution in [2.24, 2.45) is 0 Å². The third kappa shape index (κ3) is 4.40. The van der Waals surface area contributed by atoms with Crippen LogP contribution < -0.4 is 5.32 Å². The van der Waals surface area contributed by atoms with Crippen molar-refractivity contribution in [2.45, 2.75) is 32.4 Å². The van der Waals surface area contributed by atoms with Gasteiger partial charge in [0.05, 0.1) is 6.10 Å². The molecule has 0 heterocycles. The van der Waals surface area contributed by atoms with Crippen LogP contribution in [-0.2, 0) is 4.74 Å². The highest BCUT2D eigenvalue weighted by atomic mass is 19.2. The van der Waals surface area contributed by atoms with Gasteiger partial charge < -0.3 is 10.1 Å². The average molecular weight is 243 g/mol. The minimum atomic E-state index is -0.818. The molecule has 1 rings (SSSR count). The summed E-state index contributed by atoms with van der Waals surface area (Å²) >= 11 is 0. The molecule has 0 aromatic heterocycles. The van der Waals surface area contributed by atoms with Gasteiger partial charge in [0.15, 0.2) is 11.6 Å². The fourth-order valence-electron chi connectivity index (χ4n) is 1.63. The topological polar surface area (TPSA) is 21.3 Å². The van der Waals surface area contributed by atoms with E-state index in [1.165, 1.54) is 6.07 Å².